The van der Waals surface area contributed by atoms with Gasteiger partial charge in [-0.3, -0.25) is 4.79 Å². The molecule has 1 N–H and O–H groups in total. The Kier molecular flexibility index (Phi) is 9.65. The van der Waals surface area contributed by atoms with Crippen LogP contribution in [0, 0.1) is 5.92 Å². The van der Waals surface area contributed by atoms with Crippen LogP contribution in [-0.4, -0.2) is 13.0 Å². The maximum absolute atomic E-state index is 11.2. The average molecular weight is 213 g/mol. The lowest BCUT2D eigenvalue weighted by atomic mass is 10.0. The van der Waals surface area contributed by atoms with E-state index in [-0.39, 0.29) is 11.8 Å². The predicted molar refractivity (Wildman–Crippen MR) is 65.8 cm³/mol. The molecule has 0 aromatic rings. The molecule has 2 nitrogen and oxygen atoms in total. The van der Waals surface area contributed by atoms with Gasteiger partial charge in [0, 0.05) is 13.0 Å². The second-order valence-electron chi connectivity index (χ2n) is 4.43. The Morgan fingerprint density at radius 3 is 2.13 bits per heavy atom. The smallest absolute Gasteiger partial charge is 0.222 e. The molecule has 0 saturated carbocycles. The minimum Gasteiger partial charge on any atom is -0.359 e. The SMILES string of the molecule is CCCCCCCCCC(C)C(=O)NC. The molecule has 2 heteroatoms. The molecule has 0 fully saturated rings. The van der Waals surface area contributed by atoms with Crippen molar-refractivity contribution in [3.63, 3.8) is 0 Å². The highest BCUT2D eigenvalue weighted by atomic mass is 16.1. The number of nitrogens with one attached hydrogen (secondary N) is 1. The molecular formula is C13H27NO. The summed E-state index contributed by atoms with van der Waals surface area (Å²) in [5.74, 6) is 0.367. The van der Waals surface area contributed by atoms with Gasteiger partial charge in [0.2, 0.25) is 5.91 Å². The van der Waals surface area contributed by atoms with E-state index in [9.17, 15) is 4.79 Å². The monoisotopic (exact) mass is 213 g/mol. The lowest BCUT2D eigenvalue weighted by molar-refractivity contribution is -0.124. The summed E-state index contributed by atoms with van der Waals surface area (Å²) in [5, 5.41) is 2.69. The van der Waals surface area contributed by atoms with Crippen molar-refractivity contribution >= 4 is 5.91 Å². The summed E-state index contributed by atoms with van der Waals surface area (Å²) in [6.07, 6.45) is 10.3. The lowest BCUT2D eigenvalue weighted by Gasteiger charge is -2.08. The van der Waals surface area contributed by atoms with Crippen molar-refractivity contribution in [2.75, 3.05) is 7.05 Å². The van der Waals surface area contributed by atoms with Crippen LogP contribution in [0.4, 0.5) is 0 Å². The highest BCUT2D eigenvalue weighted by Gasteiger charge is 2.09. The largest absolute Gasteiger partial charge is 0.359 e. The molecule has 0 rings (SSSR count). The van der Waals surface area contributed by atoms with Gasteiger partial charge < -0.3 is 5.32 Å². The van der Waals surface area contributed by atoms with Crippen LogP contribution < -0.4 is 5.32 Å². The van der Waals surface area contributed by atoms with Crippen molar-refractivity contribution in [3.05, 3.63) is 0 Å². The standard InChI is InChI=1S/C13H27NO/c1-4-5-6-7-8-9-10-11-12(2)13(15)14-3/h12H,4-11H2,1-3H3,(H,14,15). The summed E-state index contributed by atoms with van der Waals surface area (Å²) in [5.41, 5.74) is 0. The van der Waals surface area contributed by atoms with Crippen molar-refractivity contribution in [1.82, 2.24) is 5.32 Å². The number of carbonyl (C=O) groups excluding carboxylic acids is 1. The number of amides is 1. The molecule has 0 spiro atoms. The van der Waals surface area contributed by atoms with Crippen molar-refractivity contribution in [1.29, 1.82) is 0 Å². The van der Waals surface area contributed by atoms with E-state index in [1.54, 1.807) is 7.05 Å². The zero-order valence-corrected chi connectivity index (χ0v) is 10.6. The minimum absolute atomic E-state index is 0.181. The van der Waals surface area contributed by atoms with E-state index in [0.717, 1.165) is 6.42 Å². The van der Waals surface area contributed by atoms with Crippen molar-refractivity contribution in [2.24, 2.45) is 5.92 Å². The number of hydrogen-bond donors (Lipinski definition) is 1. The molecule has 0 bridgehead atoms. The average Bonchev–Trinajstić information content (AvgIpc) is 2.26. The molecule has 0 aliphatic heterocycles. The van der Waals surface area contributed by atoms with Gasteiger partial charge in [0.1, 0.15) is 0 Å². The van der Waals surface area contributed by atoms with Gasteiger partial charge in [0.25, 0.3) is 0 Å². The highest BCUT2D eigenvalue weighted by Crippen LogP contribution is 2.12. The zero-order chi connectivity index (χ0) is 11.5. The molecular weight excluding hydrogens is 186 g/mol. The third-order valence-corrected chi connectivity index (χ3v) is 2.93. The molecule has 1 amide bonds. The molecule has 90 valence electrons. The van der Waals surface area contributed by atoms with Gasteiger partial charge >= 0.3 is 0 Å². The summed E-state index contributed by atoms with van der Waals surface area (Å²) in [6.45, 7) is 4.25. The fourth-order valence-electron chi connectivity index (χ4n) is 1.79. The number of rotatable bonds is 9. The van der Waals surface area contributed by atoms with Gasteiger partial charge in [-0.05, 0) is 6.42 Å². The fraction of sp³-hybridized carbons (Fsp3) is 0.923. The molecule has 0 aliphatic rings. The highest BCUT2D eigenvalue weighted by molar-refractivity contribution is 5.77. The van der Waals surface area contributed by atoms with Gasteiger partial charge in [-0.15, -0.1) is 0 Å². The minimum atomic E-state index is 0.181. The van der Waals surface area contributed by atoms with Crippen molar-refractivity contribution in [3.8, 4) is 0 Å². The number of unbranched alkanes of at least 4 members (excludes halogenated alkanes) is 6. The van der Waals surface area contributed by atoms with Crippen LogP contribution in [0.25, 0.3) is 0 Å². The molecule has 0 heterocycles. The number of hydrogen-bond acceptors (Lipinski definition) is 1. The Bertz CT molecular complexity index is 157. The summed E-state index contributed by atoms with van der Waals surface area (Å²) in [6, 6.07) is 0. The van der Waals surface area contributed by atoms with Crippen molar-refractivity contribution < 1.29 is 4.79 Å². The molecule has 0 radical (unpaired) electrons. The second kappa shape index (κ2) is 10.0. The Morgan fingerprint density at radius 2 is 1.60 bits per heavy atom. The first-order chi connectivity index (χ1) is 7.22. The van der Waals surface area contributed by atoms with Crippen LogP contribution in [0.1, 0.15) is 65.2 Å². The van der Waals surface area contributed by atoms with Crippen LogP contribution in [0.5, 0.6) is 0 Å². The topological polar surface area (TPSA) is 29.1 Å². The van der Waals surface area contributed by atoms with E-state index in [0.29, 0.717) is 0 Å². The molecule has 0 aromatic heterocycles. The maximum Gasteiger partial charge on any atom is 0.222 e. The first-order valence-electron chi connectivity index (χ1n) is 6.44. The summed E-state index contributed by atoms with van der Waals surface area (Å²) in [7, 11) is 1.71. The summed E-state index contributed by atoms with van der Waals surface area (Å²) >= 11 is 0. The van der Waals surface area contributed by atoms with Gasteiger partial charge in [0.15, 0.2) is 0 Å². The van der Waals surface area contributed by atoms with Crippen LogP contribution in [0.15, 0.2) is 0 Å². The van der Waals surface area contributed by atoms with Crippen LogP contribution in [0.2, 0.25) is 0 Å². The second-order valence-corrected chi connectivity index (χ2v) is 4.43. The molecule has 15 heavy (non-hydrogen) atoms. The molecule has 0 aliphatic carbocycles. The zero-order valence-electron chi connectivity index (χ0n) is 10.6. The quantitative estimate of drug-likeness (QED) is 0.583. The first-order valence-corrected chi connectivity index (χ1v) is 6.44. The fourth-order valence-corrected chi connectivity index (χ4v) is 1.79. The first kappa shape index (κ1) is 14.5. The molecule has 0 saturated heterocycles. The molecule has 1 unspecified atom stereocenters. The van der Waals surface area contributed by atoms with Crippen LogP contribution in [0.3, 0.4) is 0 Å². The van der Waals surface area contributed by atoms with Crippen LogP contribution >= 0.6 is 0 Å². The predicted octanol–water partition coefficient (Wildman–Crippen LogP) is 3.51. The van der Waals surface area contributed by atoms with E-state index in [1.807, 2.05) is 6.92 Å². The third kappa shape index (κ3) is 8.46. The van der Waals surface area contributed by atoms with Gasteiger partial charge in [-0.2, -0.15) is 0 Å². The van der Waals surface area contributed by atoms with E-state index in [1.165, 1.54) is 44.9 Å². The Morgan fingerprint density at radius 1 is 1.07 bits per heavy atom. The Labute approximate surface area is 94.8 Å². The van der Waals surface area contributed by atoms with E-state index in [4.69, 9.17) is 0 Å². The van der Waals surface area contributed by atoms with Gasteiger partial charge in [0.05, 0.1) is 0 Å². The third-order valence-electron chi connectivity index (χ3n) is 2.93. The Hall–Kier alpha value is -0.530. The molecule has 0 aromatic carbocycles. The van der Waals surface area contributed by atoms with Crippen molar-refractivity contribution in [2.45, 2.75) is 65.2 Å². The molecule has 1 atom stereocenters. The van der Waals surface area contributed by atoms with E-state index in [2.05, 4.69) is 12.2 Å². The van der Waals surface area contributed by atoms with Crippen LogP contribution in [-0.2, 0) is 4.79 Å². The number of carbonyl (C=O) groups is 1. The van der Waals surface area contributed by atoms with E-state index >= 15 is 0 Å². The Balaban J connectivity index is 3.20. The summed E-state index contributed by atoms with van der Waals surface area (Å²) in [4.78, 5) is 11.2. The van der Waals surface area contributed by atoms with E-state index < -0.39 is 0 Å². The maximum atomic E-state index is 11.2. The normalized spacial score (nSPS) is 12.5. The van der Waals surface area contributed by atoms with Gasteiger partial charge in [-0.1, -0.05) is 58.8 Å². The lowest BCUT2D eigenvalue weighted by Crippen LogP contribution is -2.25. The summed E-state index contributed by atoms with van der Waals surface area (Å²) < 4.78 is 0. The van der Waals surface area contributed by atoms with Gasteiger partial charge in [-0.25, -0.2) is 0 Å².